The van der Waals surface area contributed by atoms with E-state index in [2.05, 4.69) is 9.97 Å². The number of halogens is 1. The van der Waals surface area contributed by atoms with Gasteiger partial charge in [0.2, 0.25) is 15.9 Å². The Hall–Kier alpha value is -3.33. The van der Waals surface area contributed by atoms with Gasteiger partial charge in [-0.3, -0.25) is 4.31 Å². The predicted octanol–water partition coefficient (Wildman–Crippen LogP) is 3.64. The first-order chi connectivity index (χ1) is 14.2. The van der Waals surface area contributed by atoms with Crippen molar-refractivity contribution in [2.75, 3.05) is 17.1 Å². The van der Waals surface area contributed by atoms with Crippen LogP contribution in [0.15, 0.2) is 42.7 Å². The third-order valence-corrected chi connectivity index (χ3v) is 6.29. The number of aromatic nitrogens is 2. The van der Waals surface area contributed by atoms with Crippen LogP contribution in [0, 0.1) is 5.82 Å². The molecule has 0 aliphatic rings. The van der Waals surface area contributed by atoms with E-state index in [1.807, 2.05) is 0 Å². The van der Waals surface area contributed by atoms with Crippen molar-refractivity contribution in [3.05, 3.63) is 59.7 Å². The molecule has 2 heterocycles. The summed E-state index contributed by atoms with van der Waals surface area (Å²) in [6, 6.07) is 7.88. The summed E-state index contributed by atoms with van der Waals surface area (Å²) in [5.41, 5.74) is 2.29. The molecule has 0 aliphatic carbocycles. The second-order valence-electron chi connectivity index (χ2n) is 7.10. The number of H-pyrrole nitrogens is 1. The van der Waals surface area contributed by atoms with Crippen LogP contribution >= 0.6 is 0 Å². The molecule has 0 bridgehead atoms. The smallest absolute Gasteiger partial charge is 0.232 e. The molecule has 0 fully saturated rings. The summed E-state index contributed by atoms with van der Waals surface area (Å²) >= 11 is 0. The number of nitrogens with one attached hydrogen (secondary N) is 1. The first kappa shape index (κ1) is 20.0. The van der Waals surface area contributed by atoms with E-state index >= 15 is 0 Å². The molecule has 30 heavy (non-hydrogen) atoms. The number of hydrogen-bond acceptors (Lipinski definition) is 5. The normalized spacial score (nSPS) is 12.0. The van der Waals surface area contributed by atoms with Gasteiger partial charge in [-0.05, 0) is 42.7 Å². The van der Waals surface area contributed by atoms with Crippen molar-refractivity contribution >= 4 is 37.4 Å². The quantitative estimate of drug-likeness (QED) is 0.449. The lowest BCUT2D eigenvalue weighted by molar-refractivity contribution is 0.454. The molecular weight excluding hydrogens is 409 g/mol. The monoisotopic (exact) mass is 429 g/mol. The van der Waals surface area contributed by atoms with Crippen LogP contribution in [0.1, 0.15) is 18.1 Å². The zero-order valence-electron chi connectivity index (χ0n) is 16.3. The molecule has 3 N–H and O–H groups in total. The van der Waals surface area contributed by atoms with Gasteiger partial charge >= 0.3 is 0 Å². The molecule has 0 aliphatic heterocycles. The summed E-state index contributed by atoms with van der Waals surface area (Å²) in [5, 5.41) is 21.7. The van der Waals surface area contributed by atoms with Crippen molar-refractivity contribution < 1.29 is 23.0 Å². The maximum absolute atomic E-state index is 13.2. The van der Waals surface area contributed by atoms with Crippen molar-refractivity contribution in [2.45, 2.75) is 13.3 Å². The molecule has 0 atom stereocenters. The first-order valence-electron chi connectivity index (χ1n) is 9.26. The molecule has 0 unspecified atom stereocenters. The van der Waals surface area contributed by atoms with Crippen molar-refractivity contribution in [1.29, 1.82) is 0 Å². The number of phenolic OH excluding ortho intramolecular Hbond substituents is 1. The van der Waals surface area contributed by atoms with Crippen molar-refractivity contribution in [1.82, 2.24) is 9.97 Å². The average molecular weight is 429 g/mol. The standard InChI is InChI=1S/C21H20FN3O4S/c1-3-25(30(2,28)29)19-15-9-13(8-12-4-6-14(22)7-5-12)10-23-18(15)20(26)17-16(19)11-24-21(17)27/h4-7,9-11,23,26-27H,3,8H2,1-2H3. The van der Waals surface area contributed by atoms with Gasteiger partial charge in [0.1, 0.15) is 5.82 Å². The van der Waals surface area contributed by atoms with Crippen LogP contribution in [-0.4, -0.2) is 41.4 Å². The summed E-state index contributed by atoms with van der Waals surface area (Å²) < 4.78 is 39.4. The number of fused-ring (bicyclic) bond motifs is 2. The molecule has 156 valence electrons. The van der Waals surface area contributed by atoms with Crippen LogP contribution in [0.25, 0.3) is 21.7 Å². The highest BCUT2D eigenvalue weighted by molar-refractivity contribution is 7.92. The average Bonchev–Trinajstić information content (AvgIpc) is 3.07. The van der Waals surface area contributed by atoms with E-state index in [0.29, 0.717) is 22.9 Å². The Morgan fingerprint density at radius 1 is 1.13 bits per heavy atom. The number of hydrogen-bond donors (Lipinski definition) is 3. The van der Waals surface area contributed by atoms with E-state index in [-0.39, 0.29) is 34.9 Å². The summed E-state index contributed by atoms with van der Waals surface area (Å²) in [6.45, 7) is 1.86. The zero-order valence-corrected chi connectivity index (χ0v) is 17.2. The van der Waals surface area contributed by atoms with Gasteiger partial charge in [0, 0.05) is 29.7 Å². The van der Waals surface area contributed by atoms with Gasteiger partial charge in [-0.15, -0.1) is 0 Å². The SMILES string of the molecule is CCN(c1c2cc(Cc3ccc(F)cc3)c[nH]c2c(O)c2c(O)ncc12)S(C)(=O)=O. The molecule has 0 radical (unpaired) electrons. The molecular formula is C21H20FN3O4S. The molecule has 0 saturated carbocycles. The van der Waals surface area contributed by atoms with Gasteiger partial charge in [-0.1, -0.05) is 12.1 Å². The molecule has 7 nitrogen and oxygen atoms in total. The van der Waals surface area contributed by atoms with Gasteiger partial charge in [0.25, 0.3) is 0 Å². The number of rotatable bonds is 5. The molecule has 2 aromatic heterocycles. The van der Waals surface area contributed by atoms with E-state index in [1.54, 1.807) is 31.3 Å². The van der Waals surface area contributed by atoms with Crippen molar-refractivity contribution in [3.8, 4) is 11.6 Å². The van der Waals surface area contributed by atoms with E-state index in [4.69, 9.17) is 0 Å². The number of benzene rings is 2. The van der Waals surface area contributed by atoms with Crippen LogP contribution < -0.4 is 4.31 Å². The van der Waals surface area contributed by atoms with Crippen LogP contribution in [0.3, 0.4) is 0 Å². The molecule has 0 spiro atoms. The highest BCUT2D eigenvalue weighted by Gasteiger charge is 2.26. The summed E-state index contributed by atoms with van der Waals surface area (Å²) in [4.78, 5) is 6.88. The van der Waals surface area contributed by atoms with Gasteiger partial charge in [0.05, 0.1) is 22.8 Å². The molecule has 0 amide bonds. The molecule has 9 heteroatoms. The zero-order chi connectivity index (χ0) is 21.6. The Kier molecular flexibility index (Phi) is 4.77. The number of phenols is 1. The van der Waals surface area contributed by atoms with E-state index in [9.17, 15) is 23.0 Å². The number of nitrogens with zero attached hydrogens (tertiary/aromatic N) is 2. The Bertz CT molecular complexity index is 1370. The van der Waals surface area contributed by atoms with Gasteiger partial charge in [0.15, 0.2) is 5.75 Å². The van der Waals surface area contributed by atoms with Gasteiger partial charge in [-0.2, -0.15) is 0 Å². The number of pyridine rings is 1. The van der Waals surface area contributed by atoms with E-state index < -0.39 is 10.0 Å². The van der Waals surface area contributed by atoms with Crippen LogP contribution in [0.5, 0.6) is 11.6 Å². The number of aromatic amines is 1. The Balaban J connectivity index is 2.01. The highest BCUT2D eigenvalue weighted by Crippen LogP contribution is 2.45. The number of anilines is 1. The fourth-order valence-corrected chi connectivity index (χ4v) is 4.75. The third-order valence-electron chi connectivity index (χ3n) is 5.05. The molecule has 4 rings (SSSR count). The lowest BCUT2D eigenvalue weighted by atomic mass is 10.0. The fraction of sp³-hybridized carbons (Fsp3) is 0.190. The van der Waals surface area contributed by atoms with Gasteiger partial charge in [-0.25, -0.2) is 17.8 Å². The minimum absolute atomic E-state index is 0.0853. The second-order valence-corrected chi connectivity index (χ2v) is 9.00. The highest BCUT2D eigenvalue weighted by atomic mass is 32.2. The minimum Gasteiger partial charge on any atom is -0.505 e. The second kappa shape index (κ2) is 7.17. The summed E-state index contributed by atoms with van der Waals surface area (Å²) in [6.07, 6.45) is 4.61. The minimum atomic E-state index is -3.64. The van der Waals surface area contributed by atoms with Crippen LogP contribution in [-0.2, 0) is 16.4 Å². The number of sulfonamides is 1. The topological polar surface area (TPSA) is 107 Å². The largest absolute Gasteiger partial charge is 0.505 e. The summed E-state index contributed by atoms with van der Waals surface area (Å²) in [5.74, 6) is -0.913. The Labute approximate surface area is 172 Å². The number of aromatic hydroxyl groups is 2. The maximum atomic E-state index is 13.2. The molecule has 0 saturated heterocycles. The predicted molar refractivity (Wildman–Crippen MR) is 114 cm³/mol. The third kappa shape index (κ3) is 3.30. The fourth-order valence-electron chi connectivity index (χ4n) is 3.75. The first-order valence-corrected chi connectivity index (χ1v) is 11.1. The van der Waals surface area contributed by atoms with Crippen molar-refractivity contribution in [2.24, 2.45) is 0 Å². The van der Waals surface area contributed by atoms with E-state index in [1.165, 1.54) is 22.6 Å². The van der Waals surface area contributed by atoms with Gasteiger partial charge < -0.3 is 15.2 Å². The van der Waals surface area contributed by atoms with Crippen LogP contribution in [0.2, 0.25) is 0 Å². The van der Waals surface area contributed by atoms with Crippen molar-refractivity contribution in [3.63, 3.8) is 0 Å². The Morgan fingerprint density at radius 2 is 1.83 bits per heavy atom. The Morgan fingerprint density at radius 3 is 2.47 bits per heavy atom. The van der Waals surface area contributed by atoms with Crippen LogP contribution in [0.4, 0.5) is 10.1 Å². The van der Waals surface area contributed by atoms with E-state index in [0.717, 1.165) is 17.4 Å². The lowest BCUT2D eigenvalue weighted by Crippen LogP contribution is -2.29. The summed E-state index contributed by atoms with van der Waals surface area (Å²) in [7, 11) is -3.64. The molecule has 2 aromatic carbocycles. The maximum Gasteiger partial charge on any atom is 0.232 e. The lowest BCUT2D eigenvalue weighted by Gasteiger charge is -2.24. The molecule has 4 aromatic rings.